The molecule has 1 saturated heterocycles. The number of para-hydroxylation sites is 1. The molecule has 10 heteroatoms. The highest BCUT2D eigenvalue weighted by Crippen LogP contribution is 2.42. The summed E-state index contributed by atoms with van der Waals surface area (Å²) in [5, 5.41) is 10.3. The third-order valence-corrected chi connectivity index (χ3v) is 7.61. The molecule has 4 rings (SSSR count). The van der Waals surface area contributed by atoms with Crippen LogP contribution in [0.2, 0.25) is 5.02 Å². The molecule has 1 heterocycles. The molecular weight excluding hydrogens is 504 g/mol. The second-order valence-electron chi connectivity index (χ2n) is 8.92. The number of ether oxygens (including phenoxy) is 1. The molecule has 0 saturated carbocycles. The lowest BCUT2D eigenvalue weighted by Gasteiger charge is -2.39. The van der Waals surface area contributed by atoms with Gasteiger partial charge < -0.3 is 14.7 Å². The molecular formula is C26H27ClN2O6S. The van der Waals surface area contributed by atoms with Crippen molar-refractivity contribution in [1.29, 1.82) is 0 Å². The Bertz CT molecular complexity index is 1360. The zero-order valence-electron chi connectivity index (χ0n) is 19.8. The molecule has 0 spiro atoms. The highest BCUT2D eigenvalue weighted by molar-refractivity contribution is 7.88. The first-order valence-electron chi connectivity index (χ1n) is 11.4. The molecule has 8 nitrogen and oxygen atoms in total. The van der Waals surface area contributed by atoms with Crippen LogP contribution in [-0.4, -0.2) is 55.2 Å². The highest BCUT2D eigenvalue weighted by atomic mass is 35.5. The Morgan fingerprint density at radius 3 is 2.44 bits per heavy atom. The number of likely N-dealkylation sites (tertiary alicyclic amines) is 1. The molecule has 0 aromatic heterocycles. The van der Waals surface area contributed by atoms with Crippen molar-refractivity contribution in [3.05, 3.63) is 82.9 Å². The summed E-state index contributed by atoms with van der Waals surface area (Å²) in [7, 11) is -2.30. The summed E-state index contributed by atoms with van der Waals surface area (Å²) in [6.45, 7) is 0. The number of nitrogens with zero attached hydrogens (tertiary/aromatic N) is 1. The number of carbonyl (C=O) groups excluding carboxylic acids is 1. The Kier molecular flexibility index (Phi) is 7.26. The van der Waals surface area contributed by atoms with Crippen LogP contribution in [0.15, 0.2) is 66.8 Å². The van der Waals surface area contributed by atoms with Gasteiger partial charge in [0.25, 0.3) is 0 Å². The fourth-order valence-corrected chi connectivity index (χ4v) is 6.11. The maximum atomic E-state index is 14.2. The lowest BCUT2D eigenvalue weighted by molar-refractivity contribution is -0.151. The van der Waals surface area contributed by atoms with Crippen molar-refractivity contribution in [3.63, 3.8) is 0 Å². The molecule has 2 aromatic rings. The lowest BCUT2D eigenvalue weighted by atomic mass is 9.85. The summed E-state index contributed by atoms with van der Waals surface area (Å²) in [6, 6.07) is 12.6. The third-order valence-electron chi connectivity index (χ3n) is 6.53. The number of allylic oxidation sites excluding steroid dienone is 2. The van der Waals surface area contributed by atoms with Gasteiger partial charge in [-0.1, -0.05) is 66.2 Å². The fraction of sp³-hybridized carbons (Fsp3) is 0.308. The summed E-state index contributed by atoms with van der Waals surface area (Å²) in [4.78, 5) is 27.6. The number of amides is 1. The SMILES string of the molecule is COc1ccccc1C1=CCC(NS(C)(=O)=O)(C(=O)N2[C@@H](c3ccccc3Cl)CC[C@H]2C(=O)O)C=C1. The number of hydrogen-bond acceptors (Lipinski definition) is 5. The average Bonchev–Trinajstić information content (AvgIpc) is 3.28. The average molecular weight is 531 g/mol. The number of carbonyl (C=O) groups is 2. The first kappa shape index (κ1) is 25.9. The van der Waals surface area contributed by atoms with Crippen LogP contribution < -0.4 is 9.46 Å². The van der Waals surface area contributed by atoms with Crippen LogP contribution in [0.4, 0.5) is 0 Å². The maximum absolute atomic E-state index is 14.2. The highest BCUT2D eigenvalue weighted by Gasteiger charge is 2.50. The summed E-state index contributed by atoms with van der Waals surface area (Å²) >= 11 is 6.41. The number of sulfonamides is 1. The summed E-state index contributed by atoms with van der Waals surface area (Å²) in [5.74, 6) is -1.17. The van der Waals surface area contributed by atoms with Crippen molar-refractivity contribution in [1.82, 2.24) is 9.62 Å². The Hall–Kier alpha value is -3.14. The molecule has 36 heavy (non-hydrogen) atoms. The Morgan fingerprint density at radius 1 is 1.14 bits per heavy atom. The number of benzene rings is 2. The van der Waals surface area contributed by atoms with Crippen LogP contribution in [0.25, 0.3) is 5.57 Å². The van der Waals surface area contributed by atoms with Crippen LogP contribution in [0.3, 0.4) is 0 Å². The van der Waals surface area contributed by atoms with E-state index in [1.165, 1.54) is 11.0 Å². The minimum Gasteiger partial charge on any atom is -0.496 e. The number of carboxylic acid groups (broad SMARTS) is 1. The van der Waals surface area contributed by atoms with Crippen molar-refractivity contribution in [2.24, 2.45) is 0 Å². The van der Waals surface area contributed by atoms with Gasteiger partial charge in [0.2, 0.25) is 15.9 Å². The smallest absolute Gasteiger partial charge is 0.326 e. The van der Waals surface area contributed by atoms with Gasteiger partial charge in [-0.3, -0.25) is 4.79 Å². The standard InChI is InChI=1S/C26H27ClN2O6S/c1-35-23-10-6-4-7-18(23)17-13-15-26(16-14-17,28-36(2,33)34)25(32)29-21(11-12-22(29)24(30)31)19-8-3-5-9-20(19)27/h3-10,13-15,21-22,28H,11-12,16H2,1-2H3,(H,30,31)/t21-,22+,26?/m1/s1. The van der Waals surface area contributed by atoms with Crippen molar-refractivity contribution in [2.45, 2.75) is 36.9 Å². The molecule has 1 fully saturated rings. The Labute approximate surface area is 215 Å². The van der Waals surface area contributed by atoms with E-state index in [1.807, 2.05) is 24.3 Å². The summed E-state index contributed by atoms with van der Waals surface area (Å²) in [5.41, 5.74) is 0.465. The topological polar surface area (TPSA) is 113 Å². The van der Waals surface area contributed by atoms with Crippen LogP contribution >= 0.6 is 11.6 Å². The Morgan fingerprint density at radius 2 is 1.83 bits per heavy atom. The monoisotopic (exact) mass is 530 g/mol. The van der Waals surface area contributed by atoms with Gasteiger partial charge in [0.1, 0.15) is 17.3 Å². The van der Waals surface area contributed by atoms with Gasteiger partial charge in [0.05, 0.1) is 19.4 Å². The van der Waals surface area contributed by atoms with Crippen molar-refractivity contribution < 1.29 is 27.9 Å². The zero-order chi connectivity index (χ0) is 26.1. The molecule has 1 aliphatic heterocycles. The van der Waals surface area contributed by atoms with Gasteiger partial charge in [-0.2, -0.15) is 4.72 Å². The van der Waals surface area contributed by atoms with E-state index in [4.69, 9.17) is 16.3 Å². The molecule has 1 amide bonds. The fourth-order valence-electron chi connectivity index (χ4n) is 4.95. The predicted molar refractivity (Wildman–Crippen MR) is 137 cm³/mol. The third kappa shape index (κ3) is 5.04. The van der Waals surface area contributed by atoms with Gasteiger partial charge in [-0.25, -0.2) is 13.2 Å². The molecule has 1 unspecified atom stereocenters. The Balaban J connectivity index is 1.77. The minimum atomic E-state index is -3.86. The van der Waals surface area contributed by atoms with Gasteiger partial charge in [-0.05, 0) is 42.5 Å². The number of carboxylic acids is 1. The number of nitrogens with one attached hydrogen (secondary N) is 1. The largest absolute Gasteiger partial charge is 0.496 e. The number of halogens is 1. The van der Waals surface area contributed by atoms with E-state index >= 15 is 0 Å². The molecule has 1 aliphatic carbocycles. The van der Waals surface area contributed by atoms with Gasteiger partial charge in [0, 0.05) is 10.6 Å². The lowest BCUT2D eigenvalue weighted by Crippen LogP contribution is -2.60. The van der Waals surface area contributed by atoms with E-state index in [2.05, 4.69) is 4.72 Å². The van der Waals surface area contributed by atoms with Crippen LogP contribution in [-0.2, 0) is 19.6 Å². The summed E-state index contributed by atoms with van der Waals surface area (Å²) in [6.07, 6.45) is 6.48. The van der Waals surface area contributed by atoms with E-state index < -0.39 is 39.5 Å². The van der Waals surface area contributed by atoms with E-state index in [0.29, 0.717) is 22.8 Å². The number of hydrogen-bond donors (Lipinski definition) is 2. The molecule has 2 N–H and O–H groups in total. The van der Waals surface area contributed by atoms with E-state index in [1.54, 1.807) is 43.5 Å². The molecule has 2 aliphatic rings. The number of methoxy groups -OCH3 is 1. The van der Waals surface area contributed by atoms with Crippen molar-refractivity contribution >= 4 is 39.1 Å². The van der Waals surface area contributed by atoms with Crippen LogP contribution in [0, 0.1) is 0 Å². The molecule has 0 bridgehead atoms. The second-order valence-corrected chi connectivity index (χ2v) is 11.1. The van der Waals surface area contributed by atoms with Crippen molar-refractivity contribution in [3.8, 4) is 5.75 Å². The van der Waals surface area contributed by atoms with E-state index in [-0.39, 0.29) is 12.8 Å². The summed E-state index contributed by atoms with van der Waals surface area (Å²) < 4.78 is 32.7. The van der Waals surface area contributed by atoms with Crippen molar-refractivity contribution in [2.75, 3.05) is 13.4 Å². The van der Waals surface area contributed by atoms with Gasteiger partial charge in [-0.15, -0.1) is 0 Å². The number of rotatable bonds is 7. The first-order valence-corrected chi connectivity index (χ1v) is 13.6. The predicted octanol–water partition coefficient (Wildman–Crippen LogP) is 3.80. The zero-order valence-corrected chi connectivity index (χ0v) is 21.4. The first-order chi connectivity index (χ1) is 17.1. The normalized spacial score (nSPS) is 23.9. The molecule has 190 valence electrons. The van der Waals surface area contributed by atoms with Gasteiger partial charge in [0.15, 0.2) is 0 Å². The van der Waals surface area contributed by atoms with E-state index in [0.717, 1.165) is 17.4 Å². The second kappa shape index (κ2) is 10.1. The quantitative estimate of drug-likeness (QED) is 0.563. The van der Waals surface area contributed by atoms with Gasteiger partial charge >= 0.3 is 5.97 Å². The minimum absolute atomic E-state index is 0.0130. The molecule has 2 aromatic carbocycles. The number of aliphatic carboxylic acids is 1. The van der Waals surface area contributed by atoms with E-state index in [9.17, 15) is 23.1 Å². The van der Waals surface area contributed by atoms with Crippen LogP contribution in [0.1, 0.15) is 36.4 Å². The molecule has 0 radical (unpaired) electrons. The van der Waals surface area contributed by atoms with Crippen LogP contribution in [0.5, 0.6) is 5.75 Å². The molecule has 3 atom stereocenters. The maximum Gasteiger partial charge on any atom is 0.326 e.